The van der Waals surface area contributed by atoms with Gasteiger partial charge in [0.15, 0.2) is 0 Å². The highest BCUT2D eigenvalue weighted by Crippen LogP contribution is 2.17. The summed E-state index contributed by atoms with van der Waals surface area (Å²) in [5.41, 5.74) is 0. The monoisotopic (exact) mass is 928 g/mol. The average molecular weight is 929 g/mol. The van der Waals surface area contributed by atoms with Crippen molar-refractivity contribution in [1.29, 1.82) is 0 Å². The fourth-order valence-electron chi connectivity index (χ4n) is 8.90. The Bertz CT molecular complexity index is 1070. The highest BCUT2D eigenvalue weighted by Gasteiger charge is 2.18. The molecular weight excluding hydrogens is 815 g/mol. The van der Waals surface area contributed by atoms with Crippen LogP contribution in [0.2, 0.25) is 0 Å². The number of hydrogen-bond acceptors (Lipinski definition) is 5. The van der Waals surface area contributed by atoms with Crippen molar-refractivity contribution in [2.75, 3.05) is 13.2 Å². The van der Waals surface area contributed by atoms with Crippen molar-refractivity contribution in [2.45, 2.75) is 321 Å². The first-order chi connectivity index (χ1) is 32.5. The van der Waals surface area contributed by atoms with Gasteiger partial charge < -0.3 is 20.3 Å². The second kappa shape index (κ2) is 55.7. The van der Waals surface area contributed by atoms with Crippen molar-refractivity contribution in [3.63, 3.8) is 0 Å². The Kier molecular flexibility index (Phi) is 54.1. The summed E-state index contributed by atoms with van der Waals surface area (Å²) in [4.78, 5) is 24.5. The number of esters is 1. The van der Waals surface area contributed by atoms with E-state index in [1.165, 1.54) is 231 Å². The van der Waals surface area contributed by atoms with Gasteiger partial charge in [0, 0.05) is 12.8 Å². The summed E-state index contributed by atoms with van der Waals surface area (Å²) in [5.74, 6) is -0.0659. The minimum Gasteiger partial charge on any atom is -0.466 e. The highest BCUT2D eigenvalue weighted by atomic mass is 16.5. The van der Waals surface area contributed by atoms with Gasteiger partial charge in [-0.05, 0) is 64.2 Å². The first kappa shape index (κ1) is 64.1. The number of ether oxygens (including phenoxy) is 1. The normalized spacial score (nSPS) is 12.8. The molecule has 0 aromatic carbocycles. The van der Waals surface area contributed by atoms with Gasteiger partial charge in [0.2, 0.25) is 5.91 Å². The molecule has 0 aliphatic heterocycles. The van der Waals surface area contributed by atoms with Gasteiger partial charge in [-0.25, -0.2) is 0 Å². The summed E-state index contributed by atoms with van der Waals surface area (Å²) in [6, 6.07) is -0.628. The van der Waals surface area contributed by atoms with E-state index in [1.807, 2.05) is 6.08 Å². The fraction of sp³-hybridized carbons (Fsp3) is 0.867. The zero-order valence-electron chi connectivity index (χ0n) is 44.2. The fourth-order valence-corrected chi connectivity index (χ4v) is 8.90. The van der Waals surface area contributed by atoms with E-state index in [4.69, 9.17) is 4.74 Å². The van der Waals surface area contributed by atoms with Gasteiger partial charge in [-0.3, -0.25) is 9.59 Å². The Morgan fingerprint density at radius 3 is 1.18 bits per heavy atom. The Morgan fingerprint density at radius 1 is 0.424 bits per heavy atom. The van der Waals surface area contributed by atoms with Crippen molar-refractivity contribution in [1.82, 2.24) is 5.32 Å². The molecule has 0 bridgehead atoms. The second-order valence-corrected chi connectivity index (χ2v) is 20.0. The summed E-state index contributed by atoms with van der Waals surface area (Å²) in [6.07, 6.45) is 68.9. The number of aliphatic hydroxyl groups excluding tert-OH is 2. The van der Waals surface area contributed by atoms with Crippen LogP contribution >= 0.6 is 0 Å². The number of carbonyl (C=O) groups is 2. The van der Waals surface area contributed by atoms with Crippen LogP contribution in [0.4, 0.5) is 0 Å². The predicted molar refractivity (Wildman–Crippen MR) is 287 cm³/mol. The molecule has 0 saturated heterocycles. The quantitative estimate of drug-likeness (QED) is 0.0321. The van der Waals surface area contributed by atoms with Crippen LogP contribution in [0, 0.1) is 0 Å². The lowest BCUT2D eigenvalue weighted by Crippen LogP contribution is -2.45. The molecule has 0 aliphatic carbocycles. The summed E-state index contributed by atoms with van der Waals surface area (Å²) in [7, 11) is 0. The number of rotatable bonds is 54. The first-order valence-corrected chi connectivity index (χ1v) is 29.3. The minimum absolute atomic E-state index is 0.00581. The number of aliphatic hydroxyl groups is 2. The lowest BCUT2D eigenvalue weighted by atomic mass is 10.0. The highest BCUT2D eigenvalue weighted by molar-refractivity contribution is 5.76. The van der Waals surface area contributed by atoms with Crippen LogP contribution in [-0.4, -0.2) is 47.4 Å². The Labute approximate surface area is 411 Å². The third-order valence-electron chi connectivity index (χ3n) is 13.4. The van der Waals surface area contributed by atoms with Gasteiger partial charge in [-0.1, -0.05) is 269 Å². The Hall–Kier alpha value is -1.92. The number of amides is 1. The van der Waals surface area contributed by atoms with Crippen LogP contribution in [0.15, 0.2) is 36.5 Å². The van der Waals surface area contributed by atoms with Crippen LogP contribution < -0.4 is 5.32 Å². The van der Waals surface area contributed by atoms with E-state index in [2.05, 4.69) is 43.5 Å². The van der Waals surface area contributed by atoms with Crippen molar-refractivity contribution in [2.24, 2.45) is 0 Å². The van der Waals surface area contributed by atoms with E-state index >= 15 is 0 Å². The molecule has 0 aromatic rings. The van der Waals surface area contributed by atoms with E-state index in [0.29, 0.717) is 19.4 Å². The zero-order chi connectivity index (χ0) is 47.9. The molecule has 6 heteroatoms. The van der Waals surface area contributed by atoms with Crippen LogP contribution in [0.5, 0.6) is 0 Å². The van der Waals surface area contributed by atoms with E-state index < -0.39 is 12.1 Å². The number of unbranched alkanes of at least 4 members (excludes halogenated alkanes) is 39. The topological polar surface area (TPSA) is 95.9 Å². The molecule has 0 heterocycles. The lowest BCUT2D eigenvalue weighted by Gasteiger charge is -2.20. The van der Waals surface area contributed by atoms with E-state index in [0.717, 1.165) is 51.4 Å². The Balaban J connectivity index is 3.37. The molecule has 6 nitrogen and oxygen atoms in total. The van der Waals surface area contributed by atoms with Gasteiger partial charge in [0.25, 0.3) is 0 Å². The molecule has 2 atom stereocenters. The molecule has 3 N–H and O–H groups in total. The third-order valence-corrected chi connectivity index (χ3v) is 13.4. The van der Waals surface area contributed by atoms with Gasteiger partial charge >= 0.3 is 5.97 Å². The number of nitrogens with one attached hydrogen (secondary N) is 1. The molecule has 1 amide bonds. The second-order valence-electron chi connectivity index (χ2n) is 20.0. The Morgan fingerprint density at radius 2 is 0.758 bits per heavy atom. The molecule has 2 unspecified atom stereocenters. The van der Waals surface area contributed by atoms with Gasteiger partial charge in [-0.15, -0.1) is 0 Å². The van der Waals surface area contributed by atoms with Crippen molar-refractivity contribution >= 4 is 11.9 Å². The minimum atomic E-state index is -0.844. The smallest absolute Gasteiger partial charge is 0.305 e. The van der Waals surface area contributed by atoms with Crippen LogP contribution in [-0.2, 0) is 14.3 Å². The van der Waals surface area contributed by atoms with Gasteiger partial charge in [-0.2, -0.15) is 0 Å². The lowest BCUT2D eigenvalue weighted by molar-refractivity contribution is -0.143. The maximum absolute atomic E-state index is 12.4. The maximum Gasteiger partial charge on any atom is 0.305 e. The molecule has 0 radical (unpaired) electrons. The summed E-state index contributed by atoms with van der Waals surface area (Å²) in [5, 5.41) is 23.0. The summed E-state index contributed by atoms with van der Waals surface area (Å²) >= 11 is 0. The van der Waals surface area contributed by atoms with Crippen molar-refractivity contribution in [3.8, 4) is 0 Å². The number of allylic oxidation sites excluding steroid dienone is 5. The predicted octanol–water partition coefficient (Wildman–Crippen LogP) is 18.0. The number of carbonyl (C=O) groups excluding carboxylic acids is 2. The molecule has 0 aliphatic rings. The van der Waals surface area contributed by atoms with E-state index in [1.54, 1.807) is 6.08 Å². The standard InChI is InChI=1S/C60H113NO5/c1-3-5-7-9-11-13-15-16-17-18-21-25-28-31-34-38-42-46-50-54-60(65)66-55-51-47-43-39-35-32-29-26-23-20-19-22-24-27-30-33-37-41-45-49-53-59(64)61-57(56-62)58(63)52-48-44-40-36-14-12-10-8-6-4-2/h11,13,16-17,48,52,57-58,62-63H,3-10,12,14-15,18-47,49-51,53-56H2,1-2H3,(H,61,64)/b13-11-,17-16-,52-48+. The van der Waals surface area contributed by atoms with Crippen LogP contribution in [0.25, 0.3) is 0 Å². The molecule has 0 fully saturated rings. The van der Waals surface area contributed by atoms with Gasteiger partial charge in [0.1, 0.15) is 0 Å². The van der Waals surface area contributed by atoms with E-state index in [-0.39, 0.29) is 18.5 Å². The average Bonchev–Trinajstić information content (AvgIpc) is 3.32. The first-order valence-electron chi connectivity index (χ1n) is 29.3. The summed E-state index contributed by atoms with van der Waals surface area (Å²) < 4.78 is 5.49. The molecule has 388 valence electrons. The largest absolute Gasteiger partial charge is 0.466 e. The molecule has 0 aromatic heterocycles. The SMILES string of the molecule is CCCCC/C=C\C/C=C\CCCCCCCCCCCC(=O)OCCCCCCCCCCCCCCCCCCCCCCC(=O)NC(CO)C(O)/C=C/CCCCCCCCCC. The molecule has 66 heavy (non-hydrogen) atoms. The van der Waals surface area contributed by atoms with E-state index in [9.17, 15) is 19.8 Å². The zero-order valence-corrected chi connectivity index (χ0v) is 44.2. The molecule has 0 spiro atoms. The maximum atomic E-state index is 12.4. The third kappa shape index (κ3) is 51.5. The van der Waals surface area contributed by atoms with Crippen LogP contribution in [0.1, 0.15) is 309 Å². The molecular formula is C60H113NO5. The molecule has 0 saturated carbocycles. The van der Waals surface area contributed by atoms with Crippen LogP contribution in [0.3, 0.4) is 0 Å². The number of hydrogen-bond donors (Lipinski definition) is 3. The van der Waals surface area contributed by atoms with Crippen molar-refractivity contribution < 1.29 is 24.5 Å². The summed E-state index contributed by atoms with van der Waals surface area (Å²) in [6.45, 7) is 4.86. The van der Waals surface area contributed by atoms with Gasteiger partial charge in [0.05, 0.1) is 25.4 Å². The van der Waals surface area contributed by atoms with Crippen molar-refractivity contribution in [3.05, 3.63) is 36.5 Å². The molecule has 0 rings (SSSR count).